The maximum absolute atomic E-state index is 13.7. The van der Waals surface area contributed by atoms with Crippen molar-refractivity contribution in [3.8, 4) is 0 Å². The van der Waals surface area contributed by atoms with Gasteiger partial charge in [-0.3, -0.25) is 0 Å². The summed E-state index contributed by atoms with van der Waals surface area (Å²) in [7, 11) is 0. The van der Waals surface area contributed by atoms with Crippen molar-refractivity contribution >= 4 is 11.3 Å². The molecule has 1 heterocycles. The van der Waals surface area contributed by atoms with E-state index in [1.165, 1.54) is 0 Å². The van der Waals surface area contributed by atoms with Gasteiger partial charge in [0.05, 0.1) is 6.04 Å². The van der Waals surface area contributed by atoms with Crippen LogP contribution in [0.15, 0.2) is 23.6 Å². The summed E-state index contributed by atoms with van der Waals surface area (Å²) in [4.78, 5) is 4.51. The molecule has 4 heteroatoms. The molecule has 0 fully saturated rings. The number of nitrogens with zero attached hydrogens (tertiary/aromatic N) is 1. The Morgan fingerprint density at radius 1 is 1.47 bits per heavy atom. The summed E-state index contributed by atoms with van der Waals surface area (Å²) in [5, 5.41) is 6.74. The predicted octanol–water partition coefficient (Wildman–Crippen LogP) is 3.93. The molecule has 1 aliphatic carbocycles. The number of hydrogen-bond acceptors (Lipinski definition) is 3. The molecule has 2 aromatic rings. The number of fused-ring (bicyclic) bond motifs is 1. The lowest BCUT2D eigenvalue weighted by atomic mass is 10.1. The standard InChI is InChI=1S/C15H17FN2S/c1-9-8-19-15(17-9)10(2)18-14-7-6-11-12(14)4-3-5-13(11)16/h3-5,8,10,14,18H,6-7H2,1-2H3. The van der Waals surface area contributed by atoms with E-state index in [9.17, 15) is 4.39 Å². The van der Waals surface area contributed by atoms with Gasteiger partial charge in [0.1, 0.15) is 10.8 Å². The number of hydrogen-bond donors (Lipinski definition) is 1. The van der Waals surface area contributed by atoms with Gasteiger partial charge in [0.2, 0.25) is 0 Å². The molecule has 0 bridgehead atoms. The maximum atomic E-state index is 13.7. The highest BCUT2D eigenvalue weighted by molar-refractivity contribution is 7.09. The first-order valence-corrected chi connectivity index (χ1v) is 7.48. The quantitative estimate of drug-likeness (QED) is 0.918. The van der Waals surface area contributed by atoms with E-state index in [1.54, 1.807) is 23.5 Å². The van der Waals surface area contributed by atoms with E-state index in [4.69, 9.17) is 0 Å². The Morgan fingerprint density at radius 2 is 2.32 bits per heavy atom. The van der Waals surface area contributed by atoms with Gasteiger partial charge in [-0.2, -0.15) is 0 Å². The van der Waals surface area contributed by atoms with E-state index in [0.29, 0.717) is 0 Å². The first-order valence-electron chi connectivity index (χ1n) is 6.60. The van der Waals surface area contributed by atoms with Gasteiger partial charge in [0.25, 0.3) is 0 Å². The smallest absolute Gasteiger partial charge is 0.126 e. The highest BCUT2D eigenvalue weighted by atomic mass is 32.1. The molecule has 1 aromatic heterocycles. The topological polar surface area (TPSA) is 24.9 Å². The molecular formula is C15H17FN2S. The van der Waals surface area contributed by atoms with Gasteiger partial charge in [-0.15, -0.1) is 11.3 Å². The van der Waals surface area contributed by atoms with Crippen molar-refractivity contribution in [1.29, 1.82) is 0 Å². The van der Waals surface area contributed by atoms with E-state index in [1.807, 2.05) is 13.0 Å². The van der Waals surface area contributed by atoms with Crippen LogP contribution < -0.4 is 5.32 Å². The molecule has 0 amide bonds. The molecule has 0 aliphatic heterocycles. The van der Waals surface area contributed by atoms with Crippen molar-refractivity contribution in [2.24, 2.45) is 0 Å². The summed E-state index contributed by atoms with van der Waals surface area (Å²) in [5.41, 5.74) is 3.05. The number of aryl methyl sites for hydroxylation is 1. The van der Waals surface area contributed by atoms with E-state index < -0.39 is 0 Å². The molecule has 0 spiro atoms. The molecule has 1 aromatic carbocycles. The Morgan fingerprint density at radius 3 is 3.05 bits per heavy atom. The fourth-order valence-electron chi connectivity index (χ4n) is 2.73. The molecule has 1 N–H and O–H groups in total. The van der Waals surface area contributed by atoms with Crippen LogP contribution in [0.5, 0.6) is 0 Å². The van der Waals surface area contributed by atoms with Gasteiger partial charge in [-0.1, -0.05) is 12.1 Å². The van der Waals surface area contributed by atoms with E-state index in [0.717, 1.165) is 34.7 Å². The zero-order chi connectivity index (χ0) is 13.4. The first kappa shape index (κ1) is 12.8. The van der Waals surface area contributed by atoms with Crippen LogP contribution >= 0.6 is 11.3 Å². The number of benzene rings is 1. The van der Waals surface area contributed by atoms with E-state index in [2.05, 4.69) is 22.6 Å². The average molecular weight is 276 g/mol. The van der Waals surface area contributed by atoms with Crippen LogP contribution in [0.4, 0.5) is 4.39 Å². The normalized spacial score (nSPS) is 19.4. The highest BCUT2D eigenvalue weighted by Gasteiger charge is 2.26. The van der Waals surface area contributed by atoms with E-state index in [-0.39, 0.29) is 17.9 Å². The Kier molecular flexibility index (Phi) is 3.37. The Balaban J connectivity index is 1.78. The summed E-state index contributed by atoms with van der Waals surface area (Å²) >= 11 is 1.68. The van der Waals surface area contributed by atoms with Crippen molar-refractivity contribution in [3.63, 3.8) is 0 Å². The van der Waals surface area contributed by atoms with Gasteiger partial charge in [0.15, 0.2) is 0 Å². The second-order valence-electron chi connectivity index (χ2n) is 5.11. The molecular weight excluding hydrogens is 259 g/mol. The number of thiazole rings is 1. The lowest BCUT2D eigenvalue weighted by Gasteiger charge is -2.18. The summed E-state index contributed by atoms with van der Waals surface area (Å²) in [6.45, 7) is 4.13. The fraction of sp³-hybridized carbons (Fsp3) is 0.400. The average Bonchev–Trinajstić information content (AvgIpc) is 2.98. The zero-order valence-corrected chi connectivity index (χ0v) is 11.9. The molecule has 100 valence electrons. The fourth-order valence-corrected chi connectivity index (χ4v) is 3.54. The number of aromatic nitrogens is 1. The Bertz CT molecular complexity index is 594. The van der Waals surface area contributed by atoms with Gasteiger partial charge < -0.3 is 5.32 Å². The number of nitrogens with one attached hydrogen (secondary N) is 1. The number of halogens is 1. The summed E-state index contributed by atoms with van der Waals surface area (Å²) < 4.78 is 13.7. The lowest BCUT2D eigenvalue weighted by Crippen LogP contribution is -2.23. The molecule has 3 rings (SSSR count). The molecule has 2 atom stereocenters. The summed E-state index contributed by atoms with van der Waals surface area (Å²) in [5.74, 6) is -0.0699. The number of rotatable bonds is 3. The van der Waals surface area contributed by atoms with Crippen molar-refractivity contribution in [2.75, 3.05) is 0 Å². The first-order chi connectivity index (χ1) is 9.15. The van der Waals surface area contributed by atoms with E-state index >= 15 is 0 Å². The molecule has 0 radical (unpaired) electrons. The largest absolute Gasteiger partial charge is 0.301 e. The van der Waals surface area contributed by atoms with Crippen LogP contribution in [0.1, 0.15) is 47.3 Å². The van der Waals surface area contributed by atoms with Crippen LogP contribution in [0.25, 0.3) is 0 Å². The van der Waals surface area contributed by atoms with Crippen molar-refractivity contribution in [3.05, 3.63) is 51.2 Å². The third kappa shape index (κ3) is 2.42. The van der Waals surface area contributed by atoms with Gasteiger partial charge in [-0.05, 0) is 43.9 Å². The minimum Gasteiger partial charge on any atom is -0.301 e. The monoisotopic (exact) mass is 276 g/mol. The molecule has 0 saturated heterocycles. The second kappa shape index (κ2) is 5.02. The summed E-state index contributed by atoms with van der Waals surface area (Å²) in [6, 6.07) is 5.83. The Labute approximate surface area is 116 Å². The van der Waals surface area contributed by atoms with Crippen molar-refractivity contribution in [2.45, 2.75) is 38.8 Å². The minimum atomic E-state index is -0.0699. The van der Waals surface area contributed by atoms with Gasteiger partial charge in [-0.25, -0.2) is 9.37 Å². The minimum absolute atomic E-state index is 0.0699. The van der Waals surface area contributed by atoms with Crippen LogP contribution in [-0.2, 0) is 6.42 Å². The third-order valence-electron chi connectivity index (χ3n) is 3.67. The third-order valence-corrected chi connectivity index (χ3v) is 4.82. The van der Waals surface area contributed by atoms with Crippen molar-refractivity contribution < 1.29 is 4.39 Å². The van der Waals surface area contributed by atoms with Crippen LogP contribution in [-0.4, -0.2) is 4.98 Å². The molecule has 2 nitrogen and oxygen atoms in total. The van der Waals surface area contributed by atoms with Crippen LogP contribution in [0.3, 0.4) is 0 Å². The molecule has 19 heavy (non-hydrogen) atoms. The lowest BCUT2D eigenvalue weighted by molar-refractivity contribution is 0.463. The predicted molar refractivity (Wildman–Crippen MR) is 75.9 cm³/mol. The zero-order valence-electron chi connectivity index (χ0n) is 11.1. The maximum Gasteiger partial charge on any atom is 0.126 e. The van der Waals surface area contributed by atoms with Gasteiger partial charge in [0, 0.05) is 17.1 Å². The van der Waals surface area contributed by atoms with Crippen molar-refractivity contribution in [1.82, 2.24) is 10.3 Å². The molecule has 2 unspecified atom stereocenters. The van der Waals surface area contributed by atoms with Crippen LogP contribution in [0, 0.1) is 12.7 Å². The highest BCUT2D eigenvalue weighted by Crippen LogP contribution is 2.34. The second-order valence-corrected chi connectivity index (χ2v) is 6.00. The molecule has 1 aliphatic rings. The Hall–Kier alpha value is -1.26. The van der Waals surface area contributed by atoms with Crippen LogP contribution in [0.2, 0.25) is 0 Å². The van der Waals surface area contributed by atoms with Gasteiger partial charge >= 0.3 is 0 Å². The molecule has 0 saturated carbocycles. The summed E-state index contributed by atoms with van der Waals surface area (Å²) in [6.07, 6.45) is 1.79. The SMILES string of the molecule is Cc1csc(C(C)NC2CCc3c(F)cccc32)n1.